The summed E-state index contributed by atoms with van der Waals surface area (Å²) in [6.45, 7) is 0.855. The molecule has 0 saturated carbocycles. The van der Waals surface area contributed by atoms with Crippen LogP contribution < -0.4 is 5.32 Å². The molecular formula is C10H13N5. The number of nitrogens with zero attached hydrogens (tertiary/aromatic N) is 3. The van der Waals surface area contributed by atoms with E-state index in [4.69, 9.17) is 0 Å². The van der Waals surface area contributed by atoms with E-state index in [1.165, 1.54) is 11.1 Å². The van der Waals surface area contributed by atoms with Gasteiger partial charge < -0.3 is 5.32 Å². The van der Waals surface area contributed by atoms with E-state index in [0.29, 0.717) is 6.42 Å². The molecule has 78 valence electrons. The molecule has 0 spiro atoms. The average Bonchev–Trinajstić information content (AvgIpc) is 2.74. The van der Waals surface area contributed by atoms with Gasteiger partial charge in [0.15, 0.2) is 5.82 Å². The van der Waals surface area contributed by atoms with Crippen LogP contribution in [0.1, 0.15) is 17.0 Å². The molecule has 5 nitrogen and oxygen atoms in total. The number of aromatic nitrogens is 4. The van der Waals surface area contributed by atoms with Crippen molar-refractivity contribution in [1.29, 1.82) is 0 Å². The van der Waals surface area contributed by atoms with E-state index in [2.05, 4.69) is 38.1 Å². The van der Waals surface area contributed by atoms with Crippen molar-refractivity contribution in [2.75, 3.05) is 7.05 Å². The first kappa shape index (κ1) is 9.79. The predicted octanol–water partition coefficient (Wildman–Crippen LogP) is 0.510. The number of aromatic amines is 1. The molecule has 0 aliphatic carbocycles. The van der Waals surface area contributed by atoms with Gasteiger partial charge in [0.25, 0.3) is 0 Å². The summed E-state index contributed by atoms with van der Waals surface area (Å²) in [6, 6.07) is 8.25. The van der Waals surface area contributed by atoms with Crippen molar-refractivity contribution in [2.45, 2.75) is 13.0 Å². The van der Waals surface area contributed by atoms with Gasteiger partial charge in [-0.3, -0.25) is 0 Å². The Morgan fingerprint density at radius 2 is 2.07 bits per heavy atom. The van der Waals surface area contributed by atoms with E-state index >= 15 is 0 Å². The standard InChI is InChI=1S/C10H13N5/c1-11-7-9-5-3-2-4-8(9)6-10-12-14-15-13-10/h2-5,11H,6-7H2,1H3,(H,12,13,14,15). The Labute approximate surface area is 87.9 Å². The molecule has 0 atom stereocenters. The predicted molar refractivity (Wildman–Crippen MR) is 56.2 cm³/mol. The number of hydrogen-bond donors (Lipinski definition) is 2. The lowest BCUT2D eigenvalue weighted by molar-refractivity contribution is 0.804. The van der Waals surface area contributed by atoms with Crippen molar-refractivity contribution in [3.05, 3.63) is 41.2 Å². The van der Waals surface area contributed by atoms with Crippen LogP contribution in [0.4, 0.5) is 0 Å². The second-order valence-corrected chi connectivity index (χ2v) is 3.30. The molecule has 1 heterocycles. The molecule has 2 rings (SSSR count). The Hall–Kier alpha value is -1.75. The molecule has 0 fully saturated rings. The molecule has 0 saturated heterocycles. The fraction of sp³-hybridized carbons (Fsp3) is 0.300. The third kappa shape index (κ3) is 2.38. The number of benzene rings is 1. The Balaban J connectivity index is 2.20. The van der Waals surface area contributed by atoms with Crippen molar-refractivity contribution in [1.82, 2.24) is 25.9 Å². The molecule has 0 aliphatic rings. The van der Waals surface area contributed by atoms with Crippen LogP contribution in [0.2, 0.25) is 0 Å². The van der Waals surface area contributed by atoms with Gasteiger partial charge in [-0.25, -0.2) is 0 Å². The van der Waals surface area contributed by atoms with Gasteiger partial charge in [-0.2, -0.15) is 5.21 Å². The Kier molecular flexibility index (Phi) is 3.04. The molecule has 5 heteroatoms. The van der Waals surface area contributed by atoms with Crippen molar-refractivity contribution >= 4 is 0 Å². The Morgan fingerprint density at radius 1 is 1.27 bits per heavy atom. The molecule has 0 bridgehead atoms. The average molecular weight is 203 g/mol. The van der Waals surface area contributed by atoms with Gasteiger partial charge in [0.2, 0.25) is 0 Å². The Morgan fingerprint density at radius 3 is 2.73 bits per heavy atom. The number of nitrogens with one attached hydrogen (secondary N) is 2. The van der Waals surface area contributed by atoms with Crippen LogP contribution in [0.3, 0.4) is 0 Å². The van der Waals surface area contributed by atoms with E-state index in [-0.39, 0.29) is 0 Å². The van der Waals surface area contributed by atoms with Crippen LogP contribution in [0.15, 0.2) is 24.3 Å². The van der Waals surface area contributed by atoms with E-state index in [9.17, 15) is 0 Å². The van der Waals surface area contributed by atoms with Crippen molar-refractivity contribution < 1.29 is 0 Å². The fourth-order valence-electron chi connectivity index (χ4n) is 1.52. The minimum absolute atomic E-state index is 0.717. The largest absolute Gasteiger partial charge is 0.316 e. The molecule has 0 unspecified atom stereocenters. The summed E-state index contributed by atoms with van der Waals surface area (Å²) in [4.78, 5) is 0. The third-order valence-corrected chi connectivity index (χ3v) is 2.22. The van der Waals surface area contributed by atoms with Gasteiger partial charge in [0.05, 0.1) is 0 Å². The highest BCUT2D eigenvalue weighted by Gasteiger charge is 2.04. The first-order valence-corrected chi connectivity index (χ1v) is 4.84. The first-order chi connectivity index (χ1) is 7.40. The minimum atomic E-state index is 0.717. The highest BCUT2D eigenvalue weighted by Crippen LogP contribution is 2.11. The second kappa shape index (κ2) is 4.65. The molecule has 1 aromatic carbocycles. The number of H-pyrrole nitrogens is 1. The molecule has 2 aromatic rings. The van der Waals surface area contributed by atoms with Crippen LogP contribution in [0.25, 0.3) is 0 Å². The normalized spacial score (nSPS) is 10.5. The zero-order chi connectivity index (χ0) is 10.5. The number of hydrogen-bond acceptors (Lipinski definition) is 4. The maximum Gasteiger partial charge on any atom is 0.178 e. The summed E-state index contributed by atoms with van der Waals surface area (Å²) in [5.74, 6) is 0.721. The van der Waals surface area contributed by atoms with Gasteiger partial charge in [-0.05, 0) is 18.2 Å². The second-order valence-electron chi connectivity index (χ2n) is 3.30. The molecule has 0 aliphatic heterocycles. The zero-order valence-corrected chi connectivity index (χ0v) is 8.57. The monoisotopic (exact) mass is 203 g/mol. The van der Waals surface area contributed by atoms with Gasteiger partial charge in [-0.15, -0.1) is 10.2 Å². The van der Waals surface area contributed by atoms with E-state index in [1.807, 2.05) is 19.2 Å². The zero-order valence-electron chi connectivity index (χ0n) is 8.57. The molecule has 1 aromatic heterocycles. The SMILES string of the molecule is CNCc1ccccc1Cc1nn[nH]n1. The van der Waals surface area contributed by atoms with E-state index in [0.717, 1.165) is 12.4 Å². The summed E-state index contributed by atoms with van der Waals surface area (Å²) in [5.41, 5.74) is 2.50. The van der Waals surface area contributed by atoms with Crippen LogP contribution in [-0.4, -0.2) is 27.7 Å². The van der Waals surface area contributed by atoms with Gasteiger partial charge in [0, 0.05) is 13.0 Å². The molecule has 2 N–H and O–H groups in total. The number of rotatable bonds is 4. The van der Waals surface area contributed by atoms with Crippen molar-refractivity contribution in [2.24, 2.45) is 0 Å². The van der Waals surface area contributed by atoms with Crippen LogP contribution in [-0.2, 0) is 13.0 Å². The smallest absolute Gasteiger partial charge is 0.178 e. The minimum Gasteiger partial charge on any atom is -0.316 e. The summed E-state index contributed by atoms with van der Waals surface area (Å²) in [6.07, 6.45) is 0.717. The van der Waals surface area contributed by atoms with Crippen molar-refractivity contribution in [3.8, 4) is 0 Å². The fourth-order valence-corrected chi connectivity index (χ4v) is 1.52. The lowest BCUT2D eigenvalue weighted by Gasteiger charge is -2.06. The lowest BCUT2D eigenvalue weighted by atomic mass is 10.0. The van der Waals surface area contributed by atoms with Crippen molar-refractivity contribution in [3.63, 3.8) is 0 Å². The maximum absolute atomic E-state index is 3.95. The summed E-state index contributed by atoms with van der Waals surface area (Å²) in [5, 5.41) is 17.0. The summed E-state index contributed by atoms with van der Waals surface area (Å²) < 4.78 is 0. The van der Waals surface area contributed by atoms with Gasteiger partial charge in [0.1, 0.15) is 0 Å². The molecule has 15 heavy (non-hydrogen) atoms. The van der Waals surface area contributed by atoms with Crippen LogP contribution in [0.5, 0.6) is 0 Å². The topological polar surface area (TPSA) is 66.5 Å². The molecule has 0 radical (unpaired) electrons. The quantitative estimate of drug-likeness (QED) is 0.759. The van der Waals surface area contributed by atoms with E-state index in [1.54, 1.807) is 0 Å². The van der Waals surface area contributed by atoms with E-state index < -0.39 is 0 Å². The van der Waals surface area contributed by atoms with Gasteiger partial charge >= 0.3 is 0 Å². The highest BCUT2D eigenvalue weighted by atomic mass is 15.5. The molecule has 0 amide bonds. The Bertz CT molecular complexity index is 410. The maximum atomic E-state index is 3.95. The van der Waals surface area contributed by atoms with Crippen LogP contribution in [0, 0.1) is 0 Å². The highest BCUT2D eigenvalue weighted by molar-refractivity contribution is 5.29. The van der Waals surface area contributed by atoms with Crippen LogP contribution >= 0.6 is 0 Å². The van der Waals surface area contributed by atoms with Gasteiger partial charge in [-0.1, -0.05) is 29.5 Å². The summed E-state index contributed by atoms with van der Waals surface area (Å²) >= 11 is 0. The first-order valence-electron chi connectivity index (χ1n) is 4.84. The lowest BCUT2D eigenvalue weighted by Crippen LogP contribution is -2.08. The third-order valence-electron chi connectivity index (χ3n) is 2.22. The summed E-state index contributed by atoms with van der Waals surface area (Å²) in [7, 11) is 1.94. The molecular weight excluding hydrogens is 190 g/mol. The number of tetrazole rings is 1.